The van der Waals surface area contributed by atoms with Crippen LogP contribution in [0.1, 0.15) is 212 Å². The molecule has 42 heavy (non-hydrogen) atoms. The topological polar surface area (TPSA) is 0 Å². The van der Waals surface area contributed by atoms with Crippen molar-refractivity contribution in [1.29, 1.82) is 0 Å². The molecule has 4 atom stereocenters. The quantitative estimate of drug-likeness (QED) is 0.294. The van der Waals surface area contributed by atoms with Gasteiger partial charge in [-0.05, 0) is 48.2 Å². The van der Waals surface area contributed by atoms with Crippen LogP contribution in [-0.4, -0.2) is 22.4 Å². The summed E-state index contributed by atoms with van der Waals surface area (Å²) >= 11 is 0. The van der Waals surface area contributed by atoms with Gasteiger partial charge in [-0.3, -0.25) is 0 Å². The lowest BCUT2D eigenvalue weighted by atomic mass is 9.23. The number of hydrogen-bond acceptors (Lipinski definition) is 0. The van der Waals surface area contributed by atoms with Crippen LogP contribution >= 0.6 is 0 Å². The van der Waals surface area contributed by atoms with E-state index in [1.807, 2.05) is 0 Å². The summed E-state index contributed by atoms with van der Waals surface area (Å²) in [5, 5.41) is 2.04. The van der Waals surface area contributed by atoms with Gasteiger partial charge in [-0.2, -0.15) is 0 Å². The Morgan fingerprint density at radius 2 is 0.905 bits per heavy atom. The van der Waals surface area contributed by atoms with Crippen LogP contribution in [0.4, 0.5) is 0 Å². The first-order valence-electron chi connectivity index (χ1n) is 20.5. The third kappa shape index (κ3) is 6.81. The molecule has 0 spiro atoms. The minimum absolute atomic E-state index is 0.619. The molecular weight excluding hydrogens is 501 g/mol. The Labute approximate surface area is 266 Å². The van der Waals surface area contributed by atoms with Gasteiger partial charge < -0.3 is 0 Å². The van der Waals surface area contributed by atoms with E-state index in [1.165, 1.54) is 89.9 Å². The molecule has 0 aromatic carbocycles. The molecule has 4 aliphatic carbocycles. The SMILES string of the molecule is BC1(C23CCCCCC(C45BC(BC6CCCCCCCCC6)(CCCCC4)CC5)(CC2)C3)CCCCCCCCC1. The fourth-order valence-corrected chi connectivity index (χ4v) is 13.6. The average molecular weight is 572 g/mol. The molecule has 0 radical (unpaired) electrons. The fourth-order valence-electron chi connectivity index (χ4n) is 13.6. The average Bonchev–Trinajstić information content (AvgIpc) is 3.59. The molecule has 0 aromatic heterocycles. The predicted octanol–water partition coefficient (Wildman–Crippen LogP) is 11.6. The van der Waals surface area contributed by atoms with Crippen LogP contribution in [-0.2, 0) is 0 Å². The van der Waals surface area contributed by atoms with E-state index in [1.54, 1.807) is 137 Å². The Kier molecular flexibility index (Phi) is 11.0. The third-order valence-corrected chi connectivity index (χ3v) is 16.1. The Morgan fingerprint density at radius 3 is 1.57 bits per heavy atom. The Balaban J connectivity index is 1.26. The van der Waals surface area contributed by atoms with Crippen molar-refractivity contribution in [1.82, 2.24) is 0 Å². The van der Waals surface area contributed by atoms with Crippen molar-refractivity contribution in [3.8, 4) is 0 Å². The number of rotatable bonds is 4. The van der Waals surface area contributed by atoms with Gasteiger partial charge in [-0.25, -0.2) is 0 Å². The summed E-state index contributed by atoms with van der Waals surface area (Å²) in [5.41, 5.74) is 1.37. The van der Waals surface area contributed by atoms with Gasteiger partial charge in [-0.15, -0.1) is 0 Å². The van der Waals surface area contributed by atoms with Gasteiger partial charge in [0, 0.05) is 0 Å². The second-order valence-electron chi connectivity index (χ2n) is 18.5. The molecule has 0 amide bonds. The molecule has 3 heteroatoms. The van der Waals surface area contributed by atoms with E-state index in [0.717, 1.165) is 11.0 Å². The molecule has 0 aromatic rings. The summed E-state index contributed by atoms with van der Waals surface area (Å²) in [5.74, 6) is 1.05. The van der Waals surface area contributed by atoms with Crippen LogP contribution < -0.4 is 0 Å². The molecule has 236 valence electrons. The van der Waals surface area contributed by atoms with Crippen LogP contribution in [0.3, 0.4) is 0 Å². The zero-order chi connectivity index (χ0) is 28.8. The molecule has 2 aliphatic heterocycles. The highest BCUT2D eigenvalue weighted by molar-refractivity contribution is 6.66. The third-order valence-electron chi connectivity index (χ3n) is 16.1. The molecule has 4 saturated carbocycles. The zero-order valence-corrected chi connectivity index (χ0v) is 28.8. The number of hydrogen-bond donors (Lipinski definition) is 0. The first-order valence-corrected chi connectivity index (χ1v) is 20.5. The molecular formula is C39H71B3. The molecule has 6 fully saturated rings. The first-order chi connectivity index (χ1) is 20.5. The van der Waals surface area contributed by atoms with Gasteiger partial charge in [0.2, 0.25) is 0 Å². The van der Waals surface area contributed by atoms with Crippen molar-refractivity contribution in [3.63, 3.8) is 0 Å². The summed E-state index contributed by atoms with van der Waals surface area (Å²) in [7, 11) is 6.16. The summed E-state index contributed by atoms with van der Waals surface area (Å²) in [6.45, 7) is 0. The first kappa shape index (κ1) is 32.1. The van der Waals surface area contributed by atoms with E-state index in [0.29, 0.717) is 21.5 Å². The molecule has 2 saturated heterocycles. The molecule has 4 bridgehead atoms. The van der Waals surface area contributed by atoms with Gasteiger partial charge in [0.1, 0.15) is 22.4 Å². The fraction of sp³-hybridized carbons (Fsp3) is 1.00. The van der Waals surface area contributed by atoms with E-state index >= 15 is 0 Å². The highest BCUT2D eigenvalue weighted by Gasteiger charge is 2.65. The normalized spacial score (nSPS) is 41.3. The van der Waals surface area contributed by atoms with Crippen LogP contribution in [0.5, 0.6) is 0 Å². The molecule has 4 unspecified atom stereocenters. The predicted molar refractivity (Wildman–Crippen MR) is 192 cm³/mol. The van der Waals surface area contributed by atoms with Gasteiger partial charge in [0.25, 0.3) is 0 Å². The smallest absolute Gasteiger partial charge is 0.0766 e. The van der Waals surface area contributed by atoms with Crippen molar-refractivity contribution in [2.45, 2.75) is 234 Å². The summed E-state index contributed by atoms with van der Waals surface area (Å²) in [4.78, 5) is 0. The largest absolute Gasteiger partial charge is 0.127 e. The van der Waals surface area contributed by atoms with Crippen LogP contribution in [0.15, 0.2) is 0 Å². The standard InChI is InChI=1S/C39H71B3/c40-37(25-17-9-5-2-6-10-18-26-37)35-23-15-11-16-24-36(33-35,30-29-35)38-27-19-12-20-28-39(42-38,32-31-38)41-34-21-13-7-3-1-4-8-14-22-34/h34,41-42H,1-33,40H2. The van der Waals surface area contributed by atoms with Crippen LogP contribution in [0.2, 0.25) is 21.7 Å². The second-order valence-corrected chi connectivity index (χ2v) is 18.5. The zero-order valence-electron chi connectivity index (χ0n) is 28.8. The van der Waals surface area contributed by atoms with E-state index in [9.17, 15) is 0 Å². The summed E-state index contributed by atoms with van der Waals surface area (Å²) < 4.78 is 0. The van der Waals surface area contributed by atoms with Gasteiger partial charge >= 0.3 is 0 Å². The van der Waals surface area contributed by atoms with Crippen molar-refractivity contribution >= 4 is 22.4 Å². The van der Waals surface area contributed by atoms with E-state index in [4.69, 9.17) is 0 Å². The van der Waals surface area contributed by atoms with E-state index < -0.39 is 0 Å². The van der Waals surface area contributed by atoms with E-state index in [-0.39, 0.29) is 0 Å². The second kappa shape index (κ2) is 14.3. The maximum Gasteiger partial charge on any atom is 0.127 e. The Bertz CT molecular complexity index is 821. The maximum atomic E-state index is 2.86. The number of fused-ring (bicyclic) bond motifs is 5. The minimum atomic E-state index is 0.619. The Hall–Kier alpha value is 0.195. The van der Waals surface area contributed by atoms with Crippen molar-refractivity contribution in [2.24, 2.45) is 10.8 Å². The van der Waals surface area contributed by atoms with Crippen molar-refractivity contribution in [3.05, 3.63) is 0 Å². The lowest BCUT2D eigenvalue weighted by Gasteiger charge is -2.55. The lowest BCUT2D eigenvalue weighted by Crippen LogP contribution is -2.44. The van der Waals surface area contributed by atoms with Crippen molar-refractivity contribution in [2.75, 3.05) is 0 Å². The molecule has 6 rings (SSSR count). The Morgan fingerprint density at radius 1 is 0.429 bits per heavy atom. The van der Waals surface area contributed by atoms with Gasteiger partial charge in [0.05, 0.1) is 0 Å². The monoisotopic (exact) mass is 573 g/mol. The molecule has 6 aliphatic rings. The van der Waals surface area contributed by atoms with Gasteiger partial charge in [-0.1, -0.05) is 196 Å². The van der Waals surface area contributed by atoms with E-state index in [2.05, 4.69) is 7.85 Å². The molecule has 0 N–H and O–H groups in total. The maximum absolute atomic E-state index is 2.86. The summed E-state index contributed by atoms with van der Waals surface area (Å²) in [6.07, 6.45) is 51.5. The van der Waals surface area contributed by atoms with Gasteiger partial charge in [0.15, 0.2) is 0 Å². The lowest BCUT2D eigenvalue weighted by molar-refractivity contribution is 0.0677. The highest BCUT2D eigenvalue weighted by atomic mass is 14.6. The molecule has 0 nitrogen and oxygen atoms in total. The summed E-state index contributed by atoms with van der Waals surface area (Å²) in [6, 6.07) is 0. The van der Waals surface area contributed by atoms with Crippen molar-refractivity contribution < 1.29 is 0 Å². The van der Waals surface area contributed by atoms with Crippen LogP contribution in [0.25, 0.3) is 0 Å². The van der Waals surface area contributed by atoms with Crippen LogP contribution in [0, 0.1) is 10.8 Å². The molecule has 2 heterocycles. The minimum Gasteiger partial charge on any atom is -0.0766 e. The highest BCUT2D eigenvalue weighted by Crippen LogP contribution is 2.77.